The van der Waals surface area contributed by atoms with Crippen molar-refractivity contribution in [2.75, 3.05) is 11.9 Å². The second-order valence-corrected chi connectivity index (χ2v) is 5.42. The van der Waals surface area contributed by atoms with Crippen molar-refractivity contribution in [3.8, 4) is 0 Å². The Balaban J connectivity index is 2.11. The molecule has 21 heavy (non-hydrogen) atoms. The Labute approximate surface area is 121 Å². The summed E-state index contributed by atoms with van der Waals surface area (Å²) >= 11 is 0. The lowest BCUT2D eigenvalue weighted by Gasteiger charge is -2.33. The maximum Gasteiger partial charge on any atom is 0.311 e. The second-order valence-electron chi connectivity index (χ2n) is 5.42. The molecule has 0 unspecified atom stereocenters. The number of anilines is 1. The quantitative estimate of drug-likeness (QED) is 0.643. The van der Waals surface area contributed by atoms with Crippen molar-refractivity contribution in [2.45, 2.75) is 32.1 Å². The molecule has 0 aliphatic heterocycles. The van der Waals surface area contributed by atoms with Crippen LogP contribution in [0.15, 0.2) is 18.2 Å². The van der Waals surface area contributed by atoms with Crippen LogP contribution < -0.4 is 5.32 Å². The molecule has 6 nitrogen and oxygen atoms in total. The molecule has 1 aliphatic carbocycles. The van der Waals surface area contributed by atoms with Crippen LogP contribution in [-0.4, -0.2) is 22.5 Å². The molecule has 0 spiro atoms. The first-order valence-corrected chi connectivity index (χ1v) is 6.86. The summed E-state index contributed by atoms with van der Waals surface area (Å²) in [6.07, 6.45) is 3.82. The van der Waals surface area contributed by atoms with Crippen LogP contribution in [0, 0.1) is 21.3 Å². The van der Waals surface area contributed by atoms with E-state index in [4.69, 9.17) is 0 Å². The van der Waals surface area contributed by atoms with E-state index in [1.165, 1.54) is 12.1 Å². The van der Waals surface area contributed by atoms with Gasteiger partial charge in [-0.15, -0.1) is 0 Å². The zero-order chi connectivity index (χ0) is 15.5. The van der Waals surface area contributed by atoms with Crippen LogP contribution in [0.5, 0.6) is 0 Å². The van der Waals surface area contributed by atoms with E-state index in [2.05, 4.69) is 5.32 Å². The molecule has 0 heterocycles. The summed E-state index contributed by atoms with van der Waals surface area (Å²) in [4.78, 5) is 21.4. The number of carbonyl (C=O) groups is 1. The van der Waals surface area contributed by atoms with E-state index in [1.807, 2.05) is 0 Å². The maximum absolute atomic E-state index is 13.8. The summed E-state index contributed by atoms with van der Waals surface area (Å²) in [5.74, 6) is -1.63. The Morgan fingerprint density at radius 2 is 2.05 bits per heavy atom. The lowest BCUT2D eigenvalue weighted by molar-refractivity contribution is -0.385. The van der Waals surface area contributed by atoms with Gasteiger partial charge in [-0.1, -0.05) is 19.3 Å². The summed E-state index contributed by atoms with van der Waals surface area (Å²) in [6.45, 7) is 0.122. The van der Waals surface area contributed by atoms with E-state index in [1.54, 1.807) is 0 Å². The highest BCUT2D eigenvalue weighted by Gasteiger charge is 2.39. The summed E-state index contributed by atoms with van der Waals surface area (Å²) < 4.78 is 13.8. The Morgan fingerprint density at radius 1 is 1.38 bits per heavy atom. The van der Waals surface area contributed by atoms with E-state index in [0.29, 0.717) is 12.8 Å². The highest BCUT2D eigenvalue weighted by Crippen LogP contribution is 2.37. The number of non-ortho nitro benzene ring substituents is 1. The first-order chi connectivity index (χ1) is 9.94. The number of benzene rings is 1. The van der Waals surface area contributed by atoms with Crippen molar-refractivity contribution < 1.29 is 19.2 Å². The zero-order valence-corrected chi connectivity index (χ0v) is 11.5. The number of hydrogen-bond acceptors (Lipinski definition) is 4. The van der Waals surface area contributed by atoms with Gasteiger partial charge in [0, 0.05) is 12.6 Å². The number of carboxylic acids is 1. The van der Waals surface area contributed by atoms with Crippen molar-refractivity contribution in [1.82, 2.24) is 0 Å². The number of carboxylic acid groups (broad SMARTS) is 1. The van der Waals surface area contributed by atoms with Crippen LogP contribution in [0.3, 0.4) is 0 Å². The molecule has 0 aromatic heterocycles. The molecule has 0 saturated heterocycles. The number of nitro benzene ring substituents is 1. The van der Waals surface area contributed by atoms with Crippen molar-refractivity contribution in [1.29, 1.82) is 0 Å². The van der Waals surface area contributed by atoms with Crippen LogP contribution in [-0.2, 0) is 4.79 Å². The molecular weight excluding hydrogens is 279 g/mol. The first-order valence-electron chi connectivity index (χ1n) is 6.86. The fourth-order valence-corrected chi connectivity index (χ4v) is 2.72. The van der Waals surface area contributed by atoms with Crippen molar-refractivity contribution in [3.63, 3.8) is 0 Å². The summed E-state index contributed by atoms with van der Waals surface area (Å²) in [5.41, 5.74) is -1.12. The summed E-state index contributed by atoms with van der Waals surface area (Å²) in [7, 11) is 0. The Bertz CT molecular complexity index is 556. The van der Waals surface area contributed by atoms with Gasteiger partial charge >= 0.3 is 5.97 Å². The minimum atomic E-state index is -0.882. The van der Waals surface area contributed by atoms with Crippen molar-refractivity contribution >= 4 is 17.3 Å². The normalized spacial score (nSPS) is 17.2. The van der Waals surface area contributed by atoms with Gasteiger partial charge in [-0.2, -0.15) is 0 Å². The first kappa shape index (κ1) is 15.2. The fraction of sp³-hybridized carbons (Fsp3) is 0.500. The highest BCUT2D eigenvalue weighted by atomic mass is 19.1. The van der Waals surface area contributed by atoms with Crippen LogP contribution in [0.2, 0.25) is 0 Å². The predicted molar refractivity (Wildman–Crippen MR) is 74.7 cm³/mol. The lowest BCUT2D eigenvalue weighted by Crippen LogP contribution is -2.39. The molecule has 0 atom stereocenters. The molecule has 1 fully saturated rings. The fourth-order valence-electron chi connectivity index (χ4n) is 2.72. The molecule has 0 bridgehead atoms. The van der Waals surface area contributed by atoms with Crippen LogP contribution >= 0.6 is 0 Å². The molecule has 1 saturated carbocycles. The molecule has 2 rings (SSSR count). The third-order valence-corrected chi connectivity index (χ3v) is 4.05. The van der Waals surface area contributed by atoms with Gasteiger partial charge in [0.1, 0.15) is 0 Å². The molecule has 1 aliphatic rings. The van der Waals surface area contributed by atoms with Gasteiger partial charge in [-0.3, -0.25) is 14.9 Å². The number of aliphatic carboxylic acids is 1. The highest BCUT2D eigenvalue weighted by molar-refractivity contribution is 5.75. The minimum absolute atomic E-state index is 0.0896. The molecule has 0 amide bonds. The summed E-state index contributed by atoms with van der Waals surface area (Å²) in [6, 6.07) is 3.29. The number of rotatable bonds is 5. The van der Waals surface area contributed by atoms with Gasteiger partial charge in [0.25, 0.3) is 5.69 Å². The van der Waals surface area contributed by atoms with Gasteiger partial charge in [-0.25, -0.2) is 4.39 Å². The van der Waals surface area contributed by atoms with Gasteiger partial charge in [0.05, 0.1) is 22.1 Å². The average Bonchev–Trinajstić information content (AvgIpc) is 2.46. The van der Waals surface area contributed by atoms with Crippen LogP contribution in [0.4, 0.5) is 15.8 Å². The Kier molecular flexibility index (Phi) is 4.40. The molecule has 1 aromatic rings. The number of nitro groups is 1. The smallest absolute Gasteiger partial charge is 0.311 e. The third-order valence-electron chi connectivity index (χ3n) is 4.05. The SMILES string of the molecule is O=C(O)C1(CNc2ccc([N+](=O)[O-])cc2F)CCCCC1. The number of halogens is 1. The Morgan fingerprint density at radius 3 is 2.57 bits per heavy atom. The van der Waals surface area contributed by atoms with E-state index >= 15 is 0 Å². The van der Waals surface area contributed by atoms with E-state index < -0.39 is 22.1 Å². The molecule has 114 valence electrons. The topological polar surface area (TPSA) is 92.5 Å². The van der Waals surface area contributed by atoms with Gasteiger partial charge in [-0.05, 0) is 18.9 Å². The monoisotopic (exact) mass is 296 g/mol. The third kappa shape index (κ3) is 3.29. The molecule has 7 heteroatoms. The standard InChI is InChI=1S/C14H17FN2O4/c15-11-8-10(17(20)21)4-5-12(11)16-9-14(13(18)19)6-2-1-3-7-14/h4-5,8,16H,1-3,6-7,9H2,(H,18,19). The molecule has 2 N–H and O–H groups in total. The summed E-state index contributed by atoms with van der Waals surface area (Å²) in [5, 5.41) is 22.8. The van der Waals surface area contributed by atoms with Crippen LogP contribution in [0.1, 0.15) is 32.1 Å². The van der Waals surface area contributed by atoms with Crippen molar-refractivity contribution in [2.24, 2.45) is 5.41 Å². The number of hydrogen-bond donors (Lipinski definition) is 2. The average molecular weight is 296 g/mol. The van der Waals surface area contributed by atoms with Gasteiger partial charge in [0.2, 0.25) is 0 Å². The van der Waals surface area contributed by atoms with E-state index in [9.17, 15) is 24.4 Å². The van der Waals surface area contributed by atoms with E-state index in [-0.39, 0.29) is 17.9 Å². The molecule has 0 radical (unpaired) electrons. The molecular formula is C14H17FN2O4. The minimum Gasteiger partial charge on any atom is -0.481 e. The maximum atomic E-state index is 13.8. The van der Waals surface area contributed by atoms with Gasteiger partial charge in [0.15, 0.2) is 5.82 Å². The van der Waals surface area contributed by atoms with Crippen LogP contribution in [0.25, 0.3) is 0 Å². The van der Waals surface area contributed by atoms with E-state index in [0.717, 1.165) is 25.3 Å². The number of nitrogens with zero attached hydrogens (tertiary/aromatic N) is 1. The molecule has 1 aromatic carbocycles. The lowest BCUT2D eigenvalue weighted by atomic mass is 9.74. The van der Waals surface area contributed by atoms with Gasteiger partial charge < -0.3 is 10.4 Å². The second kappa shape index (κ2) is 6.07. The Hall–Kier alpha value is -2.18. The van der Waals surface area contributed by atoms with Crippen molar-refractivity contribution in [3.05, 3.63) is 34.1 Å². The number of nitrogens with one attached hydrogen (secondary N) is 1. The largest absolute Gasteiger partial charge is 0.481 e. The predicted octanol–water partition coefficient (Wildman–Crippen LogP) is 3.18. The zero-order valence-electron chi connectivity index (χ0n) is 11.5.